The molecule has 0 radical (unpaired) electrons. The fraction of sp³-hybridized carbons (Fsp3) is 0.444. The van der Waals surface area contributed by atoms with Crippen LogP contribution in [0.1, 0.15) is 30.7 Å². The van der Waals surface area contributed by atoms with E-state index in [9.17, 15) is 4.79 Å². The second kappa shape index (κ2) is 6.19. The monoisotopic (exact) mass is 327 g/mol. The number of aromatic nitrogens is 2. The van der Waals surface area contributed by atoms with Crippen LogP contribution >= 0.6 is 0 Å². The maximum Gasteiger partial charge on any atom is 0.227 e. The van der Waals surface area contributed by atoms with E-state index in [1.54, 1.807) is 0 Å². The first-order valence-corrected chi connectivity index (χ1v) is 8.40. The SMILES string of the molecule is C[C@H](C(=O)N[C@@H]1CCc2nccn2C1)c1ccc2c(c1)OCCO2. The number of hydrogen-bond acceptors (Lipinski definition) is 4. The molecule has 0 unspecified atom stereocenters. The third kappa shape index (κ3) is 2.84. The normalized spacial score (nSPS) is 20.1. The van der Waals surface area contributed by atoms with Gasteiger partial charge in [-0.1, -0.05) is 6.07 Å². The van der Waals surface area contributed by atoms with Gasteiger partial charge in [-0.2, -0.15) is 0 Å². The fourth-order valence-electron chi connectivity index (χ4n) is 3.29. The predicted octanol–water partition coefficient (Wildman–Crippen LogP) is 1.89. The molecular formula is C18H21N3O3. The van der Waals surface area contributed by atoms with Crippen LogP contribution < -0.4 is 14.8 Å². The smallest absolute Gasteiger partial charge is 0.227 e. The predicted molar refractivity (Wildman–Crippen MR) is 88.3 cm³/mol. The molecule has 3 heterocycles. The number of amides is 1. The Morgan fingerprint density at radius 1 is 1.33 bits per heavy atom. The van der Waals surface area contributed by atoms with Gasteiger partial charge in [0, 0.05) is 31.4 Å². The summed E-state index contributed by atoms with van der Waals surface area (Å²) in [5, 5.41) is 3.17. The highest BCUT2D eigenvalue weighted by atomic mass is 16.6. The van der Waals surface area contributed by atoms with Crippen LogP contribution in [0.4, 0.5) is 0 Å². The van der Waals surface area contributed by atoms with Gasteiger partial charge < -0.3 is 19.4 Å². The van der Waals surface area contributed by atoms with Crippen LogP contribution in [0.5, 0.6) is 11.5 Å². The van der Waals surface area contributed by atoms with Crippen LogP contribution in [0.3, 0.4) is 0 Å². The van der Waals surface area contributed by atoms with Crippen molar-refractivity contribution in [1.29, 1.82) is 0 Å². The fourth-order valence-corrected chi connectivity index (χ4v) is 3.29. The van der Waals surface area contributed by atoms with Gasteiger partial charge >= 0.3 is 0 Å². The minimum Gasteiger partial charge on any atom is -0.486 e. The first-order valence-electron chi connectivity index (χ1n) is 8.40. The Labute approximate surface area is 140 Å². The summed E-state index contributed by atoms with van der Waals surface area (Å²) in [4.78, 5) is 16.9. The van der Waals surface area contributed by atoms with E-state index in [1.165, 1.54) is 0 Å². The molecular weight excluding hydrogens is 306 g/mol. The molecule has 1 amide bonds. The van der Waals surface area contributed by atoms with E-state index in [1.807, 2.05) is 37.5 Å². The zero-order valence-electron chi connectivity index (χ0n) is 13.7. The maximum absolute atomic E-state index is 12.6. The van der Waals surface area contributed by atoms with Crippen LogP contribution in [0.25, 0.3) is 0 Å². The number of nitrogens with one attached hydrogen (secondary N) is 1. The van der Waals surface area contributed by atoms with Crippen LogP contribution in [0.2, 0.25) is 0 Å². The number of aryl methyl sites for hydroxylation is 1. The topological polar surface area (TPSA) is 65.4 Å². The van der Waals surface area contributed by atoms with Gasteiger partial charge in [0.25, 0.3) is 0 Å². The lowest BCUT2D eigenvalue weighted by atomic mass is 9.98. The van der Waals surface area contributed by atoms with Crippen molar-refractivity contribution >= 4 is 5.91 Å². The number of nitrogens with zero attached hydrogens (tertiary/aromatic N) is 2. The van der Waals surface area contributed by atoms with E-state index in [0.29, 0.717) is 13.2 Å². The largest absolute Gasteiger partial charge is 0.486 e. The molecule has 6 nitrogen and oxygen atoms in total. The Hall–Kier alpha value is -2.50. The molecule has 2 aromatic rings. The van der Waals surface area contributed by atoms with Crippen molar-refractivity contribution in [3.63, 3.8) is 0 Å². The van der Waals surface area contributed by atoms with Crippen molar-refractivity contribution in [3.05, 3.63) is 42.0 Å². The Morgan fingerprint density at radius 3 is 3.04 bits per heavy atom. The molecule has 1 aromatic carbocycles. The standard InChI is InChI=1S/C18H21N3O3/c1-12(13-2-4-15-16(10-13)24-9-8-23-15)18(22)20-14-3-5-17-19-6-7-21(17)11-14/h2,4,6-7,10,12,14H,3,5,8-9,11H2,1H3,(H,20,22)/t12-,14+/m0/s1. The molecule has 2 aliphatic heterocycles. The van der Waals surface area contributed by atoms with Crippen molar-refractivity contribution < 1.29 is 14.3 Å². The van der Waals surface area contributed by atoms with E-state index >= 15 is 0 Å². The molecule has 0 fully saturated rings. The summed E-state index contributed by atoms with van der Waals surface area (Å²) < 4.78 is 13.3. The summed E-state index contributed by atoms with van der Waals surface area (Å²) in [5.74, 6) is 2.38. The Kier molecular flexibility index (Phi) is 3.88. The number of rotatable bonds is 3. The van der Waals surface area contributed by atoms with Gasteiger partial charge in [0.05, 0.1) is 5.92 Å². The lowest BCUT2D eigenvalue weighted by molar-refractivity contribution is -0.123. The first kappa shape index (κ1) is 15.1. The lowest BCUT2D eigenvalue weighted by Gasteiger charge is -2.26. The minimum atomic E-state index is -0.231. The molecule has 2 atom stereocenters. The maximum atomic E-state index is 12.6. The average molecular weight is 327 g/mol. The van der Waals surface area contributed by atoms with Crippen LogP contribution in [-0.4, -0.2) is 34.7 Å². The van der Waals surface area contributed by atoms with E-state index in [-0.39, 0.29) is 17.9 Å². The van der Waals surface area contributed by atoms with Crippen molar-refractivity contribution in [3.8, 4) is 11.5 Å². The average Bonchev–Trinajstić information content (AvgIpc) is 3.08. The van der Waals surface area contributed by atoms with E-state index in [2.05, 4.69) is 14.9 Å². The van der Waals surface area contributed by atoms with Crippen LogP contribution in [-0.2, 0) is 17.8 Å². The van der Waals surface area contributed by atoms with Gasteiger partial charge in [-0.25, -0.2) is 4.98 Å². The second-order valence-corrected chi connectivity index (χ2v) is 6.36. The molecule has 126 valence electrons. The molecule has 0 saturated carbocycles. The van der Waals surface area contributed by atoms with Crippen molar-refractivity contribution in [2.24, 2.45) is 0 Å². The second-order valence-electron chi connectivity index (χ2n) is 6.36. The van der Waals surface area contributed by atoms with Gasteiger partial charge in [0.1, 0.15) is 19.0 Å². The van der Waals surface area contributed by atoms with Crippen molar-refractivity contribution in [1.82, 2.24) is 14.9 Å². The Morgan fingerprint density at radius 2 is 2.17 bits per heavy atom. The number of ether oxygens (including phenoxy) is 2. The quantitative estimate of drug-likeness (QED) is 0.935. The van der Waals surface area contributed by atoms with Crippen LogP contribution in [0.15, 0.2) is 30.6 Å². The third-order valence-corrected chi connectivity index (χ3v) is 4.74. The summed E-state index contributed by atoms with van der Waals surface area (Å²) in [6.07, 6.45) is 5.61. The van der Waals surface area contributed by atoms with Gasteiger partial charge in [-0.15, -0.1) is 0 Å². The number of fused-ring (bicyclic) bond motifs is 2. The van der Waals surface area contributed by atoms with E-state index < -0.39 is 0 Å². The van der Waals surface area contributed by atoms with Gasteiger partial charge in [-0.05, 0) is 31.0 Å². The third-order valence-electron chi connectivity index (χ3n) is 4.74. The summed E-state index contributed by atoms with van der Waals surface area (Å²) in [7, 11) is 0. The number of imidazole rings is 1. The summed E-state index contributed by atoms with van der Waals surface area (Å²) in [5.41, 5.74) is 0.941. The summed E-state index contributed by atoms with van der Waals surface area (Å²) in [6, 6.07) is 5.88. The number of carbonyl (C=O) groups excluding carboxylic acids is 1. The molecule has 4 rings (SSSR count). The highest BCUT2D eigenvalue weighted by Gasteiger charge is 2.24. The lowest BCUT2D eigenvalue weighted by Crippen LogP contribution is -2.42. The number of hydrogen-bond donors (Lipinski definition) is 1. The van der Waals surface area contributed by atoms with Gasteiger partial charge in [0.15, 0.2) is 11.5 Å². The Bertz CT molecular complexity index is 756. The van der Waals surface area contributed by atoms with Crippen molar-refractivity contribution in [2.45, 2.75) is 38.3 Å². The molecule has 0 bridgehead atoms. The molecule has 24 heavy (non-hydrogen) atoms. The highest BCUT2D eigenvalue weighted by Crippen LogP contribution is 2.33. The summed E-state index contributed by atoms with van der Waals surface area (Å²) >= 11 is 0. The highest BCUT2D eigenvalue weighted by molar-refractivity contribution is 5.83. The van der Waals surface area contributed by atoms with Gasteiger partial charge in [-0.3, -0.25) is 4.79 Å². The van der Waals surface area contributed by atoms with Crippen LogP contribution in [0, 0.1) is 0 Å². The molecule has 1 N–H and O–H groups in total. The zero-order valence-corrected chi connectivity index (χ0v) is 13.7. The van der Waals surface area contributed by atoms with E-state index in [0.717, 1.165) is 42.3 Å². The molecule has 0 spiro atoms. The molecule has 2 aliphatic rings. The first-order chi connectivity index (χ1) is 11.7. The van der Waals surface area contributed by atoms with E-state index in [4.69, 9.17) is 9.47 Å². The van der Waals surface area contributed by atoms with Gasteiger partial charge in [0.2, 0.25) is 5.91 Å². The molecule has 0 aliphatic carbocycles. The number of benzene rings is 1. The molecule has 0 saturated heterocycles. The number of carbonyl (C=O) groups is 1. The van der Waals surface area contributed by atoms with Crippen molar-refractivity contribution in [2.75, 3.05) is 13.2 Å². The Balaban J connectivity index is 1.43. The summed E-state index contributed by atoms with van der Waals surface area (Å²) in [6.45, 7) is 3.83. The molecule has 1 aromatic heterocycles. The molecule has 6 heteroatoms. The minimum absolute atomic E-state index is 0.0419. The zero-order chi connectivity index (χ0) is 16.5.